The lowest BCUT2D eigenvalue weighted by atomic mass is 10.2. The number of rotatable bonds is 4. The van der Waals surface area contributed by atoms with Crippen molar-refractivity contribution in [1.82, 2.24) is 39.5 Å². The van der Waals surface area contributed by atoms with Crippen LogP contribution in [-0.2, 0) is 0 Å². The number of piperazine rings is 1. The number of amides is 1. The predicted molar refractivity (Wildman–Crippen MR) is 131 cm³/mol. The van der Waals surface area contributed by atoms with E-state index in [-0.39, 0.29) is 17.4 Å². The van der Waals surface area contributed by atoms with Crippen molar-refractivity contribution < 1.29 is 9.21 Å². The van der Waals surface area contributed by atoms with Crippen molar-refractivity contribution in [2.75, 3.05) is 31.1 Å². The fraction of sp³-hybridized carbons (Fsp3) is 0.217. The van der Waals surface area contributed by atoms with E-state index >= 15 is 0 Å². The first-order valence-corrected chi connectivity index (χ1v) is 11.6. The zero-order valence-corrected chi connectivity index (χ0v) is 19.9. The third-order valence-corrected chi connectivity index (χ3v) is 6.52. The summed E-state index contributed by atoms with van der Waals surface area (Å²) in [6.45, 7) is 3.77. The highest BCUT2D eigenvalue weighted by Gasteiger charge is 2.28. The highest BCUT2D eigenvalue weighted by Crippen LogP contribution is 2.28. The number of carbonyl (C=O) groups excluding carboxylic acids is 1. The third-order valence-electron chi connectivity index (χ3n) is 6.19. The van der Waals surface area contributed by atoms with Crippen molar-refractivity contribution in [3.8, 4) is 17.4 Å². The Bertz CT molecular complexity index is 1640. The van der Waals surface area contributed by atoms with E-state index in [4.69, 9.17) is 16.0 Å². The SMILES string of the molecule is Cc1c(C(=O)N2CCN(c3nnc(-c4ccccc4Cl)o3)CC2)cnn1-c1nn2cccc2c(=O)[nH]1. The van der Waals surface area contributed by atoms with Gasteiger partial charge in [-0.3, -0.25) is 14.6 Å². The highest BCUT2D eigenvalue weighted by molar-refractivity contribution is 6.33. The second kappa shape index (κ2) is 8.64. The molecule has 4 aromatic heterocycles. The summed E-state index contributed by atoms with van der Waals surface area (Å²) in [5, 5.41) is 17.5. The number of H-pyrrole nitrogens is 1. The second-order valence-corrected chi connectivity index (χ2v) is 8.73. The minimum Gasteiger partial charge on any atom is -0.403 e. The van der Waals surface area contributed by atoms with Crippen LogP contribution in [0.15, 0.2) is 58.0 Å². The topological polar surface area (TPSA) is 130 Å². The van der Waals surface area contributed by atoms with Crippen LogP contribution in [0.4, 0.5) is 6.01 Å². The van der Waals surface area contributed by atoms with Gasteiger partial charge in [0.15, 0.2) is 0 Å². The molecule has 0 aliphatic carbocycles. The average Bonchev–Trinajstić information content (AvgIpc) is 3.64. The number of fused-ring (bicyclic) bond motifs is 1. The minimum atomic E-state index is -0.289. The molecule has 1 saturated heterocycles. The predicted octanol–water partition coefficient (Wildman–Crippen LogP) is 2.18. The molecule has 182 valence electrons. The Kier molecular flexibility index (Phi) is 5.29. The molecule has 13 heteroatoms. The molecule has 12 nitrogen and oxygen atoms in total. The molecule has 0 radical (unpaired) electrons. The van der Waals surface area contributed by atoms with E-state index in [0.29, 0.717) is 65.4 Å². The second-order valence-electron chi connectivity index (χ2n) is 8.32. The van der Waals surface area contributed by atoms with Crippen LogP contribution in [0.1, 0.15) is 16.1 Å². The number of anilines is 1. The van der Waals surface area contributed by atoms with Gasteiger partial charge in [0.05, 0.1) is 28.0 Å². The van der Waals surface area contributed by atoms with Crippen LogP contribution in [-0.4, -0.2) is 71.6 Å². The van der Waals surface area contributed by atoms with Crippen LogP contribution in [0.3, 0.4) is 0 Å². The van der Waals surface area contributed by atoms with Gasteiger partial charge in [-0.1, -0.05) is 28.8 Å². The van der Waals surface area contributed by atoms with Gasteiger partial charge in [-0.2, -0.15) is 5.10 Å². The summed E-state index contributed by atoms with van der Waals surface area (Å²) in [6, 6.07) is 11.1. The Morgan fingerprint density at radius 1 is 1.08 bits per heavy atom. The molecule has 0 saturated carbocycles. The zero-order chi connectivity index (χ0) is 24.8. The van der Waals surface area contributed by atoms with Crippen molar-refractivity contribution in [3.05, 3.63) is 75.4 Å². The fourth-order valence-corrected chi connectivity index (χ4v) is 4.43. The van der Waals surface area contributed by atoms with Crippen LogP contribution >= 0.6 is 11.6 Å². The molecule has 5 heterocycles. The van der Waals surface area contributed by atoms with Gasteiger partial charge in [0.2, 0.25) is 5.95 Å². The maximum absolute atomic E-state index is 13.3. The number of hydrogen-bond donors (Lipinski definition) is 1. The summed E-state index contributed by atoms with van der Waals surface area (Å²) in [4.78, 5) is 32.0. The average molecular weight is 506 g/mol. The number of nitrogens with one attached hydrogen (secondary N) is 1. The maximum atomic E-state index is 13.3. The summed E-state index contributed by atoms with van der Waals surface area (Å²) in [7, 11) is 0. The van der Waals surface area contributed by atoms with Crippen LogP contribution in [0.25, 0.3) is 22.9 Å². The molecule has 36 heavy (non-hydrogen) atoms. The van der Waals surface area contributed by atoms with Gasteiger partial charge < -0.3 is 14.2 Å². The van der Waals surface area contributed by atoms with Crippen LogP contribution in [0.5, 0.6) is 0 Å². The van der Waals surface area contributed by atoms with Crippen LogP contribution < -0.4 is 10.5 Å². The molecule has 6 rings (SSSR count). The Morgan fingerprint density at radius 3 is 2.69 bits per heavy atom. The first-order valence-electron chi connectivity index (χ1n) is 11.2. The molecular weight excluding hydrogens is 486 g/mol. The Morgan fingerprint density at radius 2 is 1.89 bits per heavy atom. The number of nitrogens with zero attached hydrogens (tertiary/aromatic N) is 8. The van der Waals surface area contributed by atoms with Gasteiger partial charge in [-0.05, 0) is 31.2 Å². The molecule has 1 aromatic carbocycles. The number of hydrogen-bond acceptors (Lipinski definition) is 8. The van der Waals surface area contributed by atoms with E-state index in [9.17, 15) is 9.59 Å². The monoisotopic (exact) mass is 505 g/mol. The molecule has 1 aliphatic rings. The Balaban J connectivity index is 1.16. The van der Waals surface area contributed by atoms with Crippen molar-refractivity contribution >= 4 is 29.0 Å². The van der Waals surface area contributed by atoms with Gasteiger partial charge in [-0.25, -0.2) is 9.20 Å². The quantitative estimate of drug-likeness (QED) is 0.393. The molecule has 0 atom stereocenters. The summed E-state index contributed by atoms with van der Waals surface area (Å²) >= 11 is 6.23. The summed E-state index contributed by atoms with van der Waals surface area (Å²) in [6.07, 6.45) is 3.18. The number of carbonyl (C=O) groups is 1. The molecular formula is C23H20ClN9O3. The van der Waals surface area contributed by atoms with Crippen LogP contribution in [0.2, 0.25) is 5.02 Å². The Hall–Kier alpha value is -4.45. The summed E-state index contributed by atoms with van der Waals surface area (Å²) < 4.78 is 8.77. The lowest BCUT2D eigenvalue weighted by Gasteiger charge is -2.33. The molecule has 1 fully saturated rings. The van der Waals surface area contributed by atoms with E-state index in [0.717, 1.165) is 0 Å². The number of benzene rings is 1. The van der Waals surface area contributed by atoms with E-state index < -0.39 is 0 Å². The van der Waals surface area contributed by atoms with E-state index in [1.165, 1.54) is 15.4 Å². The first kappa shape index (κ1) is 22.0. The zero-order valence-electron chi connectivity index (χ0n) is 19.1. The number of aromatic nitrogens is 7. The van der Waals surface area contributed by atoms with Gasteiger partial charge in [0.25, 0.3) is 17.4 Å². The third kappa shape index (κ3) is 3.71. The standard InChI is InChI=1S/C23H20ClN9O3/c1-14-16(13-25-33(14)22-26-19(34)18-7-4-8-32(18)29-22)21(35)30-9-11-31(12-10-30)23-28-27-20(36-23)15-5-2-3-6-17(15)24/h2-8,13H,9-12H2,1H3,(H,26,29,34). The minimum absolute atomic E-state index is 0.148. The van der Waals surface area contributed by atoms with Crippen molar-refractivity contribution in [2.45, 2.75) is 6.92 Å². The highest BCUT2D eigenvalue weighted by atomic mass is 35.5. The number of halogens is 1. The molecule has 0 spiro atoms. The van der Waals surface area contributed by atoms with Gasteiger partial charge in [0, 0.05) is 32.4 Å². The normalized spacial score (nSPS) is 14.1. The first-order chi connectivity index (χ1) is 17.5. The van der Waals surface area contributed by atoms with Crippen molar-refractivity contribution in [1.29, 1.82) is 0 Å². The lowest BCUT2D eigenvalue weighted by molar-refractivity contribution is 0.0744. The molecule has 1 amide bonds. The molecule has 1 N–H and O–H groups in total. The van der Waals surface area contributed by atoms with Gasteiger partial charge in [-0.15, -0.1) is 10.2 Å². The maximum Gasteiger partial charge on any atom is 0.318 e. The Labute approximate surface area is 208 Å². The molecule has 0 bridgehead atoms. The van der Waals surface area contributed by atoms with E-state index in [2.05, 4.69) is 25.4 Å². The molecule has 5 aromatic rings. The smallest absolute Gasteiger partial charge is 0.318 e. The number of aromatic amines is 1. The van der Waals surface area contributed by atoms with Crippen LogP contribution in [0, 0.1) is 6.92 Å². The molecule has 0 unspecified atom stereocenters. The van der Waals surface area contributed by atoms with Gasteiger partial charge in [0.1, 0.15) is 5.52 Å². The van der Waals surface area contributed by atoms with Crippen molar-refractivity contribution in [2.24, 2.45) is 0 Å². The van der Waals surface area contributed by atoms with Crippen molar-refractivity contribution in [3.63, 3.8) is 0 Å². The van der Waals surface area contributed by atoms with E-state index in [1.54, 1.807) is 36.2 Å². The summed E-state index contributed by atoms with van der Waals surface area (Å²) in [5.74, 6) is 0.433. The largest absolute Gasteiger partial charge is 0.403 e. The lowest BCUT2D eigenvalue weighted by Crippen LogP contribution is -2.49. The summed E-state index contributed by atoms with van der Waals surface area (Å²) in [5.41, 5.74) is 1.84. The fourth-order valence-electron chi connectivity index (χ4n) is 4.22. The molecule has 1 aliphatic heterocycles. The van der Waals surface area contributed by atoms with Gasteiger partial charge >= 0.3 is 6.01 Å². The van der Waals surface area contributed by atoms with E-state index in [1.807, 2.05) is 23.1 Å².